The third-order valence-corrected chi connectivity index (χ3v) is 3.29. The van der Waals surface area contributed by atoms with E-state index in [0.29, 0.717) is 17.1 Å². The number of nitro benzene ring substituents is 1. The number of rotatable bonds is 7. The first kappa shape index (κ1) is 17.6. The average Bonchev–Trinajstić information content (AvgIpc) is 2.59. The number of non-ortho nitro benzene ring substituents is 1. The van der Waals surface area contributed by atoms with E-state index in [2.05, 4.69) is 4.74 Å². The van der Waals surface area contributed by atoms with Crippen LogP contribution in [0.15, 0.2) is 42.5 Å². The Morgan fingerprint density at radius 1 is 1.17 bits per heavy atom. The minimum Gasteiger partial charge on any atom is -0.490 e. The first-order chi connectivity index (χ1) is 11.5. The molecule has 7 nitrogen and oxygen atoms in total. The summed E-state index contributed by atoms with van der Waals surface area (Å²) < 4.78 is 15.5. The summed E-state index contributed by atoms with van der Waals surface area (Å²) >= 11 is 6.03. The van der Waals surface area contributed by atoms with Crippen molar-refractivity contribution in [3.63, 3.8) is 0 Å². The Balaban J connectivity index is 1.87. The van der Waals surface area contributed by atoms with Gasteiger partial charge < -0.3 is 14.2 Å². The summed E-state index contributed by atoms with van der Waals surface area (Å²) in [4.78, 5) is 21.6. The molecule has 0 saturated carbocycles. The quantitative estimate of drug-likeness (QED) is 0.328. The zero-order chi connectivity index (χ0) is 17.5. The topological polar surface area (TPSA) is 87.9 Å². The number of halogens is 1. The van der Waals surface area contributed by atoms with Crippen LogP contribution in [0.1, 0.15) is 10.4 Å². The molecule has 0 saturated heterocycles. The van der Waals surface area contributed by atoms with Gasteiger partial charge in [-0.15, -0.1) is 0 Å². The van der Waals surface area contributed by atoms with Gasteiger partial charge in [0.15, 0.2) is 0 Å². The summed E-state index contributed by atoms with van der Waals surface area (Å²) in [5.41, 5.74) is 0.276. The standard InChI is InChI=1S/C16H14ClNO6/c1-22-16(19)11-5-6-15(14(17)9-11)24-8-7-23-13-4-2-3-12(10-13)18(20)21/h2-6,9-10H,7-8H2,1H3. The molecule has 0 aliphatic carbocycles. The third kappa shape index (κ3) is 4.60. The van der Waals surface area contributed by atoms with Gasteiger partial charge >= 0.3 is 5.97 Å². The largest absolute Gasteiger partial charge is 0.490 e. The van der Waals surface area contributed by atoms with Gasteiger partial charge in [-0.3, -0.25) is 10.1 Å². The zero-order valence-corrected chi connectivity index (χ0v) is 13.5. The second-order valence-electron chi connectivity index (χ2n) is 4.59. The fraction of sp³-hybridized carbons (Fsp3) is 0.188. The Morgan fingerprint density at radius 3 is 2.58 bits per heavy atom. The Hall–Kier alpha value is -2.80. The molecular weight excluding hydrogens is 338 g/mol. The van der Waals surface area contributed by atoms with Crippen LogP contribution in [0.5, 0.6) is 11.5 Å². The molecule has 0 heterocycles. The summed E-state index contributed by atoms with van der Waals surface area (Å²) in [7, 11) is 1.28. The van der Waals surface area contributed by atoms with Crippen molar-refractivity contribution in [2.75, 3.05) is 20.3 Å². The molecule has 0 radical (unpaired) electrons. The van der Waals surface area contributed by atoms with Crippen LogP contribution < -0.4 is 9.47 Å². The molecule has 0 amide bonds. The minimum atomic E-state index is -0.494. The van der Waals surface area contributed by atoms with Gasteiger partial charge in [0.2, 0.25) is 0 Å². The predicted octanol–water partition coefficient (Wildman–Crippen LogP) is 3.49. The molecule has 0 fully saturated rings. The van der Waals surface area contributed by atoms with Crippen molar-refractivity contribution in [3.05, 3.63) is 63.2 Å². The highest BCUT2D eigenvalue weighted by molar-refractivity contribution is 6.32. The Bertz CT molecular complexity index is 749. The number of carbonyl (C=O) groups is 1. The molecule has 0 aliphatic heterocycles. The lowest BCUT2D eigenvalue weighted by molar-refractivity contribution is -0.384. The Labute approximate surface area is 142 Å². The lowest BCUT2D eigenvalue weighted by atomic mass is 10.2. The van der Waals surface area contributed by atoms with Crippen LogP contribution in [0.3, 0.4) is 0 Å². The van der Waals surface area contributed by atoms with Crippen LogP contribution in [-0.2, 0) is 4.74 Å². The number of esters is 1. The van der Waals surface area contributed by atoms with Gasteiger partial charge in [-0.25, -0.2) is 4.79 Å². The summed E-state index contributed by atoms with van der Waals surface area (Å²) in [6.07, 6.45) is 0. The van der Waals surface area contributed by atoms with Gasteiger partial charge in [0.1, 0.15) is 24.7 Å². The SMILES string of the molecule is COC(=O)c1ccc(OCCOc2cccc([N+](=O)[O-])c2)c(Cl)c1. The van der Waals surface area contributed by atoms with Crippen LogP contribution in [0, 0.1) is 10.1 Å². The van der Waals surface area contributed by atoms with Crippen LogP contribution in [0.4, 0.5) is 5.69 Å². The van der Waals surface area contributed by atoms with Crippen molar-refractivity contribution in [1.82, 2.24) is 0 Å². The maximum absolute atomic E-state index is 11.4. The molecule has 0 unspecified atom stereocenters. The zero-order valence-electron chi connectivity index (χ0n) is 12.7. The predicted molar refractivity (Wildman–Crippen MR) is 86.9 cm³/mol. The van der Waals surface area contributed by atoms with Crippen molar-refractivity contribution in [2.45, 2.75) is 0 Å². The molecule has 126 valence electrons. The number of carbonyl (C=O) groups excluding carboxylic acids is 1. The molecule has 0 N–H and O–H groups in total. The second kappa shape index (κ2) is 8.16. The molecule has 0 aliphatic rings. The number of methoxy groups -OCH3 is 1. The molecule has 0 aromatic heterocycles. The van der Waals surface area contributed by atoms with E-state index in [1.165, 1.54) is 37.4 Å². The smallest absolute Gasteiger partial charge is 0.337 e. The first-order valence-corrected chi connectivity index (χ1v) is 7.27. The van der Waals surface area contributed by atoms with E-state index in [4.69, 9.17) is 21.1 Å². The third-order valence-electron chi connectivity index (χ3n) is 2.99. The maximum Gasteiger partial charge on any atom is 0.337 e. The fourth-order valence-corrected chi connectivity index (χ4v) is 2.10. The van der Waals surface area contributed by atoms with Crippen molar-refractivity contribution < 1.29 is 23.9 Å². The summed E-state index contributed by atoms with van der Waals surface area (Å²) in [5.74, 6) is 0.282. The molecule has 2 aromatic rings. The fourth-order valence-electron chi connectivity index (χ4n) is 1.86. The van der Waals surface area contributed by atoms with Crippen LogP contribution in [-0.4, -0.2) is 31.2 Å². The lowest BCUT2D eigenvalue weighted by Crippen LogP contribution is -2.09. The number of nitrogens with zero attached hydrogens (tertiary/aromatic N) is 1. The van der Waals surface area contributed by atoms with Crippen molar-refractivity contribution in [2.24, 2.45) is 0 Å². The van der Waals surface area contributed by atoms with E-state index < -0.39 is 10.9 Å². The van der Waals surface area contributed by atoms with E-state index in [1.54, 1.807) is 12.1 Å². The molecule has 24 heavy (non-hydrogen) atoms. The molecule has 8 heteroatoms. The van der Waals surface area contributed by atoms with E-state index in [0.717, 1.165) is 0 Å². The Morgan fingerprint density at radius 2 is 1.92 bits per heavy atom. The lowest BCUT2D eigenvalue weighted by Gasteiger charge is -2.10. The molecule has 0 atom stereocenters. The second-order valence-corrected chi connectivity index (χ2v) is 5.00. The monoisotopic (exact) mass is 351 g/mol. The van der Waals surface area contributed by atoms with E-state index in [9.17, 15) is 14.9 Å². The highest BCUT2D eigenvalue weighted by atomic mass is 35.5. The van der Waals surface area contributed by atoms with Gasteiger partial charge in [-0.2, -0.15) is 0 Å². The summed E-state index contributed by atoms with van der Waals surface area (Å²) in [6.45, 7) is 0.357. The molecule has 2 aromatic carbocycles. The molecular formula is C16H14ClNO6. The molecule has 0 spiro atoms. The Kier molecular flexibility index (Phi) is 5.97. The minimum absolute atomic E-state index is 0.0464. The van der Waals surface area contributed by atoms with Crippen LogP contribution in [0.25, 0.3) is 0 Å². The van der Waals surface area contributed by atoms with Crippen LogP contribution in [0.2, 0.25) is 5.02 Å². The van der Waals surface area contributed by atoms with Gasteiger partial charge in [-0.05, 0) is 24.3 Å². The average molecular weight is 352 g/mol. The van der Waals surface area contributed by atoms with Gasteiger partial charge in [0.05, 0.1) is 28.7 Å². The highest BCUT2D eigenvalue weighted by Gasteiger charge is 2.10. The number of benzene rings is 2. The van der Waals surface area contributed by atoms with E-state index in [1.807, 2.05) is 0 Å². The molecule has 2 rings (SSSR count). The van der Waals surface area contributed by atoms with Crippen molar-refractivity contribution >= 4 is 23.3 Å². The highest BCUT2D eigenvalue weighted by Crippen LogP contribution is 2.26. The molecule has 0 bridgehead atoms. The van der Waals surface area contributed by atoms with Crippen molar-refractivity contribution in [1.29, 1.82) is 0 Å². The maximum atomic E-state index is 11.4. The van der Waals surface area contributed by atoms with Gasteiger partial charge in [0.25, 0.3) is 5.69 Å². The summed E-state index contributed by atoms with van der Waals surface area (Å²) in [5, 5.41) is 11.0. The van der Waals surface area contributed by atoms with E-state index in [-0.39, 0.29) is 23.9 Å². The summed E-state index contributed by atoms with van der Waals surface area (Å²) in [6, 6.07) is 10.4. The van der Waals surface area contributed by atoms with Crippen LogP contribution >= 0.6 is 11.6 Å². The number of hydrogen-bond acceptors (Lipinski definition) is 6. The van der Waals surface area contributed by atoms with Gasteiger partial charge in [0, 0.05) is 6.07 Å². The first-order valence-electron chi connectivity index (χ1n) is 6.89. The van der Waals surface area contributed by atoms with Crippen molar-refractivity contribution in [3.8, 4) is 11.5 Å². The number of nitro groups is 1. The number of hydrogen-bond donors (Lipinski definition) is 0. The van der Waals surface area contributed by atoms with E-state index >= 15 is 0 Å². The normalized spacial score (nSPS) is 10.1. The van der Waals surface area contributed by atoms with Gasteiger partial charge in [-0.1, -0.05) is 17.7 Å². The number of ether oxygens (including phenoxy) is 3.